The van der Waals surface area contributed by atoms with Gasteiger partial charge in [0.15, 0.2) is 14.1 Å². The van der Waals surface area contributed by atoms with Crippen LogP contribution in [0.5, 0.6) is 5.75 Å². The Bertz CT molecular complexity index is 871. The lowest BCUT2D eigenvalue weighted by atomic mass is 9.74. The SMILES string of the molecule is Cc1cc2c(cc1B1OC(C)(C)C(C)(C)O1)OC(C)(CO[Si](C)(C)C(C)(C)C)CC2=O. The molecule has 7 heteroatoms. The molecule has 2 aliphatic rings. The number of rotatable bonds is 4. The Balaban J connectivity index is 1.88. The van der Waals surface area contributed by atoms with Crippen LogP contribution in [0.15, 0.2) is 12.1 Å². The third-order valence-electron chi connectivity index (χ3n) is 7.61. The van der Waals surface area contributed by atoms with Crippen molar-refractivity contribution in [2.75, 3.05) is 6.61 Å². The molecule has 172 valence electrons. The van der Waals surface area contributed by atoms with Crippen molar-refractivity contribution in [2.45, 2.75) is 104 Å². The van der Waals surface area contributed by atoms with Gasteiger partial charge in [0.25, 0.3) is 0 Å². The average molecular weight is 446 g/mol. The van der Waals surface area contributed by atoms with Crippen LogP contribution in [0.3, 0.4) is 0 Å². The van der Waals surface area contributed by atoms with Gasteiger partial charge in [-0.1, -0.05) is 26.3 Å². The van der Waals surface area contributed by atoms with Crippen LogP contribution in [0.2, 0.25) is 18.1 Å². The molecule has 1 unspecified atom stereocenters. The van der Waals surface area contributed by atoms with Crippen molar-refractivity contribution in [3.63, 3.8) is 0 Å². The summed E-state index contributed by atoms with van der Waals surface area (Å²) in [6, 6.07) is 3.83. The Labute approximate surface area is 189 Å². The van der Waals surface area contributed by atoms with E-state index in [2.05, 4.69) is 33.9 Å². The number of carbonyl (C=O) groups excluding carboxylic acids is 1. The molecule has 0 N–H and O–H groups in total. The van der Waals surface area contributed by atoms with Gasteiger partial charge in [-0.2, -0.15) is 0 Å². The van der Waals surface area contributed by atoms with E-state index in [0.29, 0.717) is 24.3 Å². The van der Waals surface area contributed by atoms with Gasteiger partial charge < -0.3 is 18.5 Å². The molecule has 0 amide bonds. The first-order chi connectivity index (χ1) is 13.9. The summed E-state index contributed by atoms with van der Waals surface area (Å²) in [6.07, 6.45) is 0.309. The van der Waals surface area contributed by atoms with Gasteiger partial charge in [0.05, 0.1) is 29.8 Å². The number of hydrogen-bond acceptors (Lipinski definition) is 5. The second-order valence-electron chi connectivity index (χ2n) is 12.0. The van der Waals surface area contributed by atoms with Crippen LogP contribution in [0.1, 0.15) is 77.7 Å². The first kappa shape index (κ1) is 24.5. The van der Waals surface area contributed by atoms with Gasteiger partial charge >= 0.3 is 7.12 Å². The van der Waals surface area contributed by atoms with Crippen molar-refractivity contribution in [3.05, 3.63) is 23.3 Å². The van der Waals surface area contributed by atoms with E-state index in [1.807, 2.05) is 53.7 Å². The molecule has 0 bridgehead atoms. The lowest BCUT2D eigenvalue weighted by Gasteiger charge is -2.41. The van der Waals surface area contributed by atoms with Gasteiger partial charge in [0, 0.05) is 0 Å². The van der Waals surface area contributed by atoms with E-state index in [1.54, 1.807) is 0 Å². The summed E-state index contributed by atoms with van der Waals surface area (Å²) >= 11 is 0. The third kappa shape index (κ3) is 4.52. The molecule has 1 aromatic carbocycles. The van der Waals surface area contributed by atoms with Crippen LogP contribution >= 0.6 is 0 Å². The van der Waals surface area contributed by atoms with E-state index < -0.39 is 32.2 Å². The molecule has 1 atom stereocenters. The fourth-order valence-electron chi connectivity index (χ4n) is 3.60. The van der Waals surface area contributed by atoms with E-state index in [1.165, 1.54) is 0 Å². The maximum Gasteiger partial charge on any atom is 0.495 e. The molecular formula is C24H39BO5Si. The van der Waals surface area contributed by atoms with Crippen molar-refractivity contribution in [1.29, 1.82) is 0 Å². The maximum absolute atomic E-state index is 13.0. The van der Waals surface area contributed by atoms with Crippen molar-refractivity contribution < 1.29 is 23.3 Å². The molecule has 0 aromatic heterocycles. The lowest BCUT2D eigenvalue weighted by molar-refractivity contribution is 0.00578. The number of aryl methyl sites for hydroxylation is 1. The van der Waals surface area contributed by atoms with Gasteiger partial charge in [-0.05, 0) is 77.3 Å². The average Bonchev–Trinajstić information content (AvgIpc) is 2.80. The predicted octanol–water partition coefficient (Wildman–Crippen LogP) is 5.04. The molecule has 31 heavy (non-hydrogen) atoms. The van der Waals surface area contributed by atoms with Crippen LogP contribution in [-0.4, -0.2) is 44.6 Å². The highest BCUT2D eigenvalue weighted by Crippen LogP contribution is 2.40. The molecule has 2 aliphatic heterocycles. The molecule has 0 saturated carbocycles. The zero-order chi connectivity index (χ0) is 23.6. The Kier molecular flexibility index (Phi) is 5.88. The third-order valence-corrected chi connectivity index (χ3v) is 12.1. The highest BCUT2D eigenvalue weighted by molar-refractivity contribution is 6.74. The van der Waals surface area contributed by atoms with Crippen LogP contribution in [0.4, 0.5) is 0 Å². The summed E-state index contributed by atoms with van der Waals surface area (Å²) in [5.74, 6) is 0.680. The highest BCUT2D eigenvalue weighted by atomic mass is 28.4. The summed E-state index contributed by atoms with van der Waals surface area (Å²) in [5.41, 5.74) is 0.949. The summed E-state index contributed by atoms with van der Waals surface area (Å²) in [6.45, 7) is 23.6. The van der Waals surface area contributed by atoms with Crippen molar-refractivity contribution in [2.24, 2.45) is 0 Å². The highest BCUT2D eigenvalue weighted by Gasteiger charge is 2.52. The number of Topliss-reactive ketones (excluding diaryl/α,β-unsaturated/α-hetero) is 1. The molecule has 3 rings (SSSR count). The first-order valence-electron chi connectivity index (χ1n) is 11.2. The molecule has 1 aromatic rings. The molecule has 5 nitrogen and oxygen atoms in total. The van der Waals surface area contributed by atoms with Gasteiger partial charge in [-0.3, -0.25) is 4.79 Å². The molecule has 0 radical (unpaired) electrons. The van der Waals surface area contributed by atoms with E-state index >= 15 is 0 Å². The first-order valence-corrected chi connectivity index (χ1v) is 14.1. The van der Waals surface area contributed by atoms with Gasteiger partial charge in [0.2, 0.25) is 0 Å². The van der Waals surface area contributed by atoms with Crippen molar-refractivity contribution >= 4 is 26.7 Å². The van der Waals surface area contributed by atoms with Gasteiger partial charge in [-0.25, -0.2) is 0 Å². The summed E-state index contributed by atoms with van der Waals surface area (Å²) < 4.78 is 25.3. The Hall–Kier alpha value is -1.15. The molecule has 0 aliphatic carbocycles. The van der Waals surface area contributed by atoms with E-state index in [4.69, 9.17) is 18.5 Å². The quantitative estimate of drug-likeness (QED) is 0.607. The zero-order valence-electron chi connectivity index (χ0n) is 21.2. The van der Waals surface area contributed by atoms with E-state index in [9.17, 15) is 4.79 Å². The Morgan fingerprint density at radius 3 is 2.13 bits per heavy atom. The standard InChI is InChI=1S/C24H39BO5Si/c1-16-12-17-19(26)14-24(9,15-27-31(10,11)21(2,3)4)28-20(17)13-18(16)25-29-22(5,6)23(7,8)30-25/h12-13H,14-15H2,1-11H3. The number of ketones is 1. The number of benzene rings is 1. The smallest absolute Gasteiger partial charge is 0.484 e. The van der Waals surface area contributed by atoms with Crippen LogP contribution in [-0.2, 0) is 13.7 Å². The molecule has 2 heterocycles. The summed E-state index contributed by atoms with van der Waals surface area (Å²) in [7, 11) is -2.45. The number of fused-ring (bicyclic) bond motifs is 1. The summed E-state index contributed by atoms with van der Waals surface area (Å²) in [4.78, 5) is 13.0. The molecule has 1 fully saturated rings. The Morgan fingerprint density at radius 2 is 1.61 bits per heavy atom. The molecular weight excluding hydrogens is 407 g/mol. The van der Waals surface area contributed by atoms with Crippen molar-refractivity contribution in [1.82, 2.24) is 0 Å². The summed E-state index contributed by atoms with van der Waals surface area (Å²) in [5, 5.41) is 0.0982. The number of hydrogen-bond donors (Lipinski definition) is 0. The van der Waals surface area contributed by atoms with Gasteiger partial charge in [-0.15, -0.1) is 0 Å². The van der Waals surface area contributed by atoms with Crippen molar-refractivity contribution in [3.8, 4) is 5.75 Å². The van der Waals surface area contributed by atoms with Crippen LogP contribution in [0.25, 0.3) is 0 Å². The topological polar surface area (TPSA) is 54.0 Å². The second kappa shape index (κ2) is 7.44. The minimum atomic E-state index is -1.95. The largest absolute Gasteiger partial charge is 0.495 e. The fraction of sp³-hybridized carbons (Fsp3) is 0.708. The molecule has 0 spiro atoms. The van der Waals surface area contributed by atoms with Crippen LogP contribution in [0, 0.1) is 6.92 Å². The maximum atomic E-state index is 13.0. The monoisotopic (exact) mass is 446 g/mol. The van der Waals surface area contributed by atoms with Gasteiger partial charge in [0.1, 0.15) is 11.4 Å². The number of carbonyl (C=O) groups is 1. The normalized spacial score (nSPS) is 25.4. The fourth-order valence-corrected chi connectivity index (χ4v) is 4.70. The Morgan fingerprint density at radius 1 is 1.06 bits per heavy atom. The van der Waals surface area contributed by atoms with Crippen LogP contribution < -0.4 is 10.2 Å². The van der Waals surface area contributed by atoms with E-state index in [0.717, 1.165) is 11.0 Å². The zero-order valence-corrected chi connectivity index (χ0v) is 22.2. The predicted molar refractivity (Wildman–Crippen MR) is 128 cm³/mol. The minimum Gasteiger partial charge on any atom is -0.484 e. The van der Waals surface area contributed by atoms with E-state index in [-0.39, 0.29) is 10.8 Å². The lowest BCUT2D eigenvalue weighted by Crippen LogP contribution is -2.50. The minimum absolute atomic E-state index is 0.0890. The molecule has 1 saturated heterocycles. The number of ether oxygens (including phenoxy) is 1. The second-order valence-corrected chi connectivity index (χ2v) is 16.8.